The number of nitriles is 1. The van der Waals surface area contributed by atoms with E-state index in [-0.39, 0.29) is 11.6 Å². The van der Waals surface area contributed by atoms with Gasteiger partial charge in [0.15, 0.2) is 0 Å². The predicted molar refractivity (Wildman–Crippen MR) is 67.3 cm³/mol. The Morgan fingerprint density at radius 2 is 2.11 bits per heavy atom. The average molecular weight is 247 g/mol. The van der Waals surface area contributed by atoms with E-state index in [1.54, 1.807) is 0 Å². The summed E-state index contributed by atoms with van der Waals surface area (Å²) in [7, 11) is 0. The number of nitrogens with zero attached hydrogens (tertiary/aromatic N) is 2. The van der Waals surface area contributed by atoms with Crippen LogP contribution in [0.3, 0.4) is 0 Å². The van der Waals surface area contributed by atoms with Crippen molar-refractivity contribution in [2.24, 2.45) is 11.8 Å². The van der Waals surface area contributed by atoms with Crippen molar-refractivity contribution in [2.75, 3.05) is 0 Å². The third-order valence-electron chi connectivity index (χ3n) is 4.11. The van der Waals surface area contributed by atoms with Gasteiger partial charge in [0.2, 0.25) is 0 Å². The number of aromatic amines is 1. The van der Waals surface area contributed by atoms with Crippen molar-refractivity contribution < 1.29 is 0 Å². The summed E-state index contributed by atoms with van der Waals surface area (Å²) in [5.41, 5.74) is -1.01. The Balaban J connectivity index is 2.48. The predicted octanol–water partition coefficient (Wildman–Crippen LogP) is 1.41. The van der Waals surface area contributed by atoms with E-state index in [2.05, 4.69) is 18.8 Å². The fourth-order valence-corrected chi connectivity index (χ4v) is 2.76. The number of aromatic nitrogens is 2. The first kappa shape index (κ1) is 12.6. The Morgan fingerprint density at radius 3 is 2.78 bits per heavy atom. The molecule has 1 saturated carbocycles. The molecular weight excluding hydrogens is 230 g/mol. The van der Waals surface area contributed by atoms with Crippen LogP contribution in [0.2, 0.25) is 0 Å². The molecule has 18 heavy (non-hydrogen) atoms. The number of hydrogen-bond donors (Lipinski definition) is 1. The van der Waals surface area contributed by atoms with Crippen molar-refractivity contribution in [2.45, 2.75) is 39.2 Å². The van der Waals surface area contributed by atoms with Crippen LogP contribution in [0.15, 0.2) is 15.8 Å². The summed E-state index contributed by atoms with van der Waals surface area (Å²) < 4.78 is 1.53. The fourth-order valence-electron chi connectivity index (χ4n) is 2.76. The molecule has 1 heterocycles. The monoisotopic (exact) mass is 247 g/mol. The first-order chi connectivity index (χ1) is 8.54. The van der Waals surface area contributed by atoms with Gasteiger partial charge in [0, 0.05) is 12.2 Å². The van der Waals surface area contributed by atoms with E-state index in [4.69, 9.17) is 5.26 Å². The van der Waals surface area contributed by atoms with Crippen molar-refractivity contribution in [1.82, 2.24) is 9.55 Å². The van der Waals surface area contributed by atoms with Gasteiger partial charge in [0.25, 0.3) is 5.56 Å². The molecule has 5 nitrogen and oxygen atoms in total. The minimum absolute atomic E-state index is 0.0000246. The number of hydrogen-bond acceptors (Lipinski definition) is 3. The Bertz CT molecular complexity index is 593. The average Bonchev–Trinajstić information content (AvgIpc) is 2.34. The van der Waals surface area contributed by atoms with Crippen LogP contribution in [0.5, 0.6) is 0 Å². The molecule has 1 fully saturated rings. The van der Waals surface area contributed by atoms with Gasteiger partial charge in [-0.3, -0.25) is 14.3 Å². The normalized spacial score (nSPS) is 27.7. The van der Waals surface area contributed by atoms with Gasteiger partial charge in [0.1, 0.15) is 11.6 Å². The lowest BCUT2D eigenvalue weighted by atomic mass is 9.78. The Labute approximate surface area is 105 Å². The standard InChI is InChI=1S/C13H17N3O2/c1-8-4-3-5-11(9(8)2)16-7-10(6-14)12(17)15-13(16)18/h7-9,11H,3-5H2,1-2H3,(H,15,17,18). The summed E-state index contributed by atoms with van der Waals surface area (Å²) in [5, 5.41) is 8.86. The van der Waals surface area contributed by atoms with Crippen LogP contribution in [0, 0.1) is 23.2 Å². The second-order valence-corrected chi connectivity index (χ2v) is 5.16. The van der Waals surface area contributed by atoms with Crippen LogP contribution in [0.1, 0.15) is 44.7 Å². The molecule has 1 aliphatic rings. The summed E-state index contributed by atoms with van der Waals surface area (Å²) in [6, 6.07) is 1.90. The zero-order valence-electron chi connectivity index (χ0n) is 10.6. The Hall–Kier alpha value is -1.83. The van der Waals surface area contributed by atoms with Gasteiger partial charge >= 0.3 is 5.69 Å². The quantitative estimate of drug-likeness (QED) is 0.814. The maximum Gasteiger partial charge on any atom is 0.328 e. The lowest BCUT2D eigenvalue weighted by Gasteiger charge is -2.35. The molecule has 0 bridgehead atoms. The van der Waals surface area contributed by atoms with Gasteiger partial charge in [-0.1, -0.05) is 26.7 Å². The van der Waals surface area contributed by atoms with Crippen molar-refractivity contribution in [3.05, 3.63) is 32.6 Å². The number of H-pyrrole nitrogens is 1. The van der Waals surface area contributed by atoms with E-state index in [0.717, 1.165) is 12.8 Å². The maximum atomic E-state index is 11.9. The van der Waals surface area contributed by atoms with E-state index >= 15 is 0 Å². The van der Waals surface area contributed by atoms with Crippen LogP contribution < -0.4 is 11.2 Å². The zero-order chi connectivity index (χ0) is 13.3. The molecule has 1 aliphatic carbocycles. The third kappa shape index (κ3) is 2.10. The Kier molecular flexibility index (Phi) is 3.37. The second-order valence-electron chi connectivity index (χ2n) is 5.16. The molecule has 3 unspecified atom stereocenters. The summed E-state index contributed by atoms with van der Waals surface area (Å²) in [6.45, 7) is 4.30. The first-order valence-corrected chi connectivity index (χ1v) is 6.30. The van der Waals surface area contributed by atoms with Crippen LogP contribution >= 0.6 is 0 Å². The van der Waals surface area contributed by atoms with Crippen molar-refractivity contribution in [3.63, 3.8) is 0 Å². The van der Waals surface area contributed by atoms with Crippen molar-refractivity contribution in [1.29, 1.82) is 5.26 Å². The highest BCUT2D eigenvalue weighted by molar-refractivity contribution is 5.22. The molecular formula is C13H17N3O2. The maximum absolute atomic E-state index is 11.9. The number of nitrogens with one attached hydrogen (secondary N) is 1. The first-order valence-electron chi connectivity index (χ1n) is 6.30. The van der Waals surface area contributed by atoms with E-state index < -0.39 is 11.2 Å². The molecule has 5 heteroatoms. The lowest BCUT2D eigenvalue weighted by molar-refractivity contribution is 0.181. The van der Waals surface area contributed by atoms with Crippen LogP contribution in [0.4, 0.5) is 0 Å². The molecule has 0 radical (unpaired) electrons. The van der Waals surface area contributed by atoms with Crippen LogP contribution in [-0.2, 0) is 0 Å². The summed E-state index contributed by atoms with van der Waals surface area (Å²) in [4.78, 5) is 25.4. The van der Waals surface area contributed by atoms with Gasteiger partial charge < -0.3 is 0 Å². The minimum Gasteiger partial charge on any atom is -0.296 e. The second kappa shape index (κ2) is 4.81. The topological polar surface area (TPSA) is 78.7 Å². The molecule has 1 aromatic rings. The van der Waals surface area contributed by atoms with Crippen molar-refractivity contribution >= 4 is 0 Å². The molecule has 3 atom stereocenters. The highest BCUT2D eigenvalue weighted by Crippen LogP contribution is 2.36. The zero-order valence-corrected chi connectivity index (χ0v) is 10.6. The van der Waals surface area contributed by atoms with Gasteiger partial charge in [-0.15, -0.1) is 0 Å². The molecule has 2 rings (SSSR count). The molecule has 0 aromatic carbocycles. The summed E-state index contributed by atoms with van der Waals surface area (Å²) in [5.74, 6) is 0.919. The number of rotatable bonds is 1. The van der Waals surface area contributed by atoms with E-state index in [1.165, 1.54) is 17.2 Å². The Morgan fingerprint density at radius 1 is 1.39 bits per heavy atom. The van der Waals surface area contributed by atoms with Crippen molar-refractivity contribution in [3.8, 4) is 6.07 Å². The fraction of sp³-hybridized carbons (Fsp3) is 0.615. The molecule has 1 N–H and O–H groups in total. The van der Waals surface area contributed by atoms with Gasteiger partial charge in [0.05, 0.1) is 0 Å². The van der Waals surface area contributed by atoms with Gasteiger partial charge in [-0.2, -0.15) is 5.26 Å². The molecule has 0 amide bonds. The van der Waals surface area contributed by atoms with E-state index in [0.29, 0.717) is 11.8 Å². The lowest BCUT2D eigenvalue weighted by Crippen LogP contribution is -2.38. The van der Waals surface area contributed by atoms with E-state index in [1.807, 2.05) is 6.07 Å². The van der Waals surface area contributed by atoms with Gasteiger partial charge in [-0.25, -0.2) is 4.79 Å². The van der Waals surface area contributed by atoms with E-state index in [9.17, 15) is 9.59 Å². The minimum atomic E-state index is -0.602. The smallest absolute Gasteiger partial charge is 0.296 e. The molecule has 1 aromatic heterocycles. The van der Waals surface area contributed by atoms with Gasteiger partial charge in [-0.05, 0) is 18.3 Å². The molecule has 0 aliphatic heterocycles. The molecule has 0 saturated heterocycles. The summed E-state index contributed by atoms with van der Waals surface area (Å²) >= 11 is 0. The largest absolute Gasteiger partial charge is 0.328 e. The highest BCUT2D eigenvalue weighted by atomic mass is 16.2. The molecule has 0 spiro atoms. The SMILES string of the molecule is CC1CCCC(n2cc(C#N)c(=O)[nH]c2=O)C1C. The summed E-state index contributed by atoms with van der Waals surface area (Å²) in [6.07, 6.45) is 4.56. The third-order valence-corrected chi connectivity index (χ3v) is 4.11. The molecule has 96 valence electrons. The van der Waals surface area contributed by atoms with Crippen LogP contribution in [-0.4, -0.2) is 9.55 Å². The highest BCUT2D eigenvalue weighted by Gasteiger charge is 2.29. The van der Waals surface area contributed by atoms with Crippen LogP contribution in [0.25, 0.3) is 0 Å².